The van der Waals surface area contributed by atoms with E-state index in [1.165, 1.54) is 6.33 Å². The van der Waals surface area contributed by atoms with Crippen LogP contribution in [0.4, 0.5) is 0 Å². The highest BCUT2D eigenvalue weighted by Crippen LogP contribution is 2.30. The maximum absolute atomic E-state index is 12.4. The van der Waals surface area contributed by atoms with Crippen LogP contribution in [0.2, 0.25) is 0 Å². The van der Waals surface area contributed by atoms with Gasteiger partial charge in [-0.1, -0.05) is 46.8 Å². The predicted molar refractivity (Wildman–Crippen MR) is 120 cm³/mol. The fraction of sp³-hybridized carbons (Fsp3) is 0.478. The maximum atomic E-state index is 12.4. The minimum atomic E-state index is -0.965. The molecule has 30 heavy (non-hydrogen) atoms. The summed E-state index contributed by atoms with van der Waals surface area (Å²) in [6, 6.07) is 1.74. The molecule has 0 fully saturated rings. The molecule has 164 valence electrons. The average molecular weight is 414 g/mol. The molecule has 0 spiro atoms. The van der Waals surface area contributed by atoms with Crippen LogP contribution in [0.5, 0.6) is 0 Å². The van der Waals surface area contributed by atoms with E-state index >= 15 is 0 Å². The molecule has 2 N–H and O–H groups in total. The summed E-state index contributed by atoms with van der Waals surface area (Å²) >= 11 is 0. The Labute approximate surface area is 180 Å². The Hall–Kier alpha value is -2.96. The lowest BCUT2D eigenvalue weighted by Crippen LogP contribution is -2.30. The first-order chi connectivity index (χ1) is 14.5. The van der Waals surface area contributed by atoms with Crippen molar-refractivity contribution in [2.45, 2.75) is 72.9 Å². The van der Waals surface area contributed by atoms with Crippen LogP contribution < -0.4 is 5.32 Å². The van der Waals surface area contributed by atoms with Crippen molar-refractivity contribution in [3.63, 3.8) is 0 Å². The number of aromatic nitrogens is 4. The van der Waals surface area contributed by atoms with Gasteiger partial charge in [0, 0.05) is 11.9 Å². The lowest BCUT2D eigenvalue weighted by atomic mass is 9.93. The number of nitrogens with one attached hydrogen (secondary N) is 1. The number of rotatable bonds is 10. The topological polar surface area (TPSA) is 92.9 Å². The highest BCUT2D eigenvalue weighted by Gasteiger charge is 2.32. The molecular formula is C23H35N5O2. The normalized spacial score (nSPS) is 13.1. The first-order valence-corrected chi connectivity index (χ1v) is 10.6. The van der Waals surface area contributed by atoms with Gasteiger partial charge in [-0.3, -0.25) is 4.79 Å². The third-order valence-corrected chi connectivity index (χ3v) is 4.86. The van der Waals surface area contributed by atoms with Gasteiger partial charge in [-0.15, -0.1) is 0 Å². The molecule has 0 aliphatic rings. The van der Waals surface area contributed by atoms with Crippen molar-refractivity contribution in [2.24, 2.45) is 0 Å². The van der Waals surface area contributed by atoms with E-state index in [0.29, 0.717) is 11.4 Å². The van der Waals surface area contributed by atoms with Crippen LogP contribution in [0.3, 0.4) is 0 Å². The van der Waals surface area contributed by atoms with Gasteiger partial charge in [-0.25, -0.2) is 14.6 Å². The van der Waals surface area contributed by atoms with Crippen molar-refractivity contribution < 1.29 is 9.90 Å². The van der Waals surface area contributed by atoms with Crippen molar-refractivity contribution in [3.8, 4) is 0 Å². The van der Waals surface area contributed by atoms with E-state index in [1.54, 1.807) is 23.1 Å². The van der Waals surface area contributed by atoms with Crippen molar-refractivity contribution in [1.29, 1.82) is 0 Å². The molecule has 2 aromatic rings. The number of hydrogen-bond acceptors (Lipinski definition) is 5. The minimum absolute atomic E-state index is 0.308. The Morgan fingerprint density at radius 2 is 2.03 bits per heavy atom. The largest absolute Gasteiger partial charge is 0.480 e. The van der Waals surface area contributed by atoms with Crippen LogP contribution in [-0.4, -0.2) is 30.8 Å². The van der Waals surface area contributed by atoms with Crippen LogP contribution in [0.1, 0.15) is 82.2 Å². The van der Waals surface area contributed by atoms with E-state index in [-0.39, 0.29) is 6.17 Å². The molecule has 7 nitrogen and oxygen atoms in total. The summed E-state index contributed by atoms with van der Waals surface area (Å²) in [6.45, 7) is 15.7. The molecule has 2 atom stereocenters. The third-order valence-electron chi connectivity index (χ3n) is 4.86. The number of carbonyl (C=O) groups is 1. The van der Waals surface area contributed by atoms with E-state index in [1.807, 2.05) is 33.8 Å². The molecule has 0 saturated carbocycles. The zero-order chi connectivity index (χ0) is 22.7. The molecule has 2 rings (SSSR count). The van der Waals surface area contributed by atoms with Gasteiger partial charge in [0.1, 0.15) is 18.4 Å². The first-order valence-electron chi connectivity index (χ1n) is 10.6. The van der Waals surface area contributed by atoms with Gasteiger partial charge >= 0.3 is 5.97 Å². The van der Waals surface area contributed by atoms with E-state index in [9.17, 15) is 9.90 Å². The molecular weight excluding hydrogens is 378 g/mol. The lowest BCUT2D eigenvalue weighted by molar-refractivity contribution is -0.138. The van der Waals surface area contributed by atoms with Crippen LogP contribution >= 0.6 is 0 Å². The quantitative estimate of drug-likeness (QED) is 0.545. The van der Waals surface area contributed by atoms with Crippen LogP contribution in [0, 0.1) is 6.92 Å². The molecule has 0 aliphatic heterocycles. The highest BCUT2D eigenvalue weighted by atomic mass is 16.4. The number of nitrogens with zero attached hydrogens (tertiary/aromatic N) is 4. The molecule has 0 aromatic carbocycles. The zero-order valence-electron chi connectivity index (χ0n) is 19.0. The van der Waals surface area contributed by atoms with Crippen molar-refractivity contribution in [1.82, 2.24) is 25.1 Å². The Balaban J connectivity index is 0.00000218. The van der Waals surface area contributed by atoms with Crippen molar-refractivity contribution >= 4 is 5.97 Å². The summed E-state index contributed by atoms with van der Waals surface area (Å²) in [6.07, 6.45) is 8.77. The second kappa shape index (κ2) is 12.6. The average Bonchev–Trinajstić information content (AvgIpc) is 3.21. The molecule has 2 unspecified atom stereocenters. The van der Waals surface area contributed by atoms with Crippen LogP contribution in [-0.2, 0) is 11.2 Å². The monoisotopic (exact) mass is 413 g/mol. The lowest BCUT2D eigenvalue weighted by Gasteiger charge is -2.25. The number of aliphatic carboxylic acids is 1. The maximum Gasteiger partial charge on any atom is 0.318 e. The molecule has 0 saturated heterocycles. The fourth-order valence-electron chi connectivity index (χ4n) is 3.48. The third kappa shape index (κ3) is 5.55. The van der Waals surface area contributed by atoms with Crippen LogP contribution in [0.25, 0.3) is 0 Å². The van der Waals surface area contributed by atoms with E-state index in [2.05, 4.69) is 40.8 Å². The van der Waals surface area contributed by atoms with Gasteiger partial charge in [0.15, 0.2) is 0 Å². The highest BCUT2D eigenvalue weighted by molar-refractivity contribution is 5.79. The van der Waals surface area contributed by atoms with Gasteiger partial charge in [0.25, 0.3) is 0 Å². The van der Waals surface area contributed by atoms with E-state index < -0.39 is 11.9 Å². The molecule has 0 bridgehead atoms. The van der Waals surface area contributed by atoms with Gasteiger partial charge < -0.3 is 10.4 Å². The Morgan fingerprint density at radius 3 is 2.57 bits per heavy atom. The standard InChI is InChI=1S/C21H29N5O2.C2H6/c1-6-10-16-14(5)23-13-24-19(16)18(21(27)28)17-11-12-25-26(17)20(22-9-4)15(7-2)8-3;1-2/h7,9,11-13,18,20,22H,4,6,8,10H2,1-3,5H3,(H,27,28);1-2H3/b15-7-;. The minimum Gasteiger partial charge on any atom is -0.480 e. The molecule has 2 heterocycles. The summed E-state index contributed by atoms with van der Waals surface area (Å²) in [5, 5.41) is 17.7. The molecule has 0 radical (unpaired) electrons. The number of carboxylic acids is 1. The number of aryl methyl sites for hydroxylation is 1. The van der Waals surface area contributed by atoms with Crippen molar-refractivity contribution in [2.75, 3.05) is 0 Å². The Kier molecular flexibility index (Phi) is 10.5. The van der Waals surface area contributed by atoms with Gasteiger partial charge in [0.2, 0.25) is 0 Å². The van der Waals surface area contributed by atoms with Gasteiger partial charge in [0.05, 0.1) is 11.4 Å². The number of hydrogen-bond donors (Lipinski definition) is 2. The number of carboxylic acid groups (broad SMARTS) is 1. The molecule has 2 aromatic heterocycles. The van der Waals surface area contributed by atoms with Crippen LogP contribution in [0.15, 0.2) is 43.0 Å². The summed E-state index contributed by atoms with van der Waals surface area (Å²) in [5.41, 5.74) is 3.88. The first kappa shape index (κ1) is 25.1. The van der Waals surface area contributed by atoms with Gasteiger partial charge in [-0.2, -0.15) is 5.10 Å². The Bertz CT molecular complexity index is 857. The predicted octanol–water partition coefficient (Wildman–Crippen LogP) is 4.76. The summed E-state index contributed by atoms with van der Waals surface area (Å²) in [7, 11) is 0. The zero-order valence-corrected chi connectivity index (χ0v) is 19.0. The number of allylic oxidation sites excluding steroid dienone is 1. The second-order valence-electron chi connectivity index (χ2n) is 6.54. The molecule has 0 aliphatic carbocycles. The molecule has 7 heteroatoms. The summed E-state index contributed by atoms with van der Waals surface area (Å²) in [4.78, 5) is 21.0. The Morgan fingerprint density at radius 1 is 1.33 bits per heavy atom. The fourth-order valence-corrected chi connectivity index (χ4v) is 3.48. The van der Waals surface area contributed by atoms with Crippen molar-refractivity contribution in [3.05, 3.63) is 65.7 Å². The van der Waals surface area contributed by atoms with E-state index in [4.69, 9.17) is 0 Å². The SMILES string of the molecule is C=CNC(/C(=C\C)CC)n1nccc1C(C(=O)O)c1ncnc(C)c1CCC.CC. The smallest absolute Gasteiger partial charge is 0.318 e. The van der Waals surface area contributed by atoms with E-state index in [0.717, 1.165) is 36.1 Å². The van der Waals surface area contributed by atoms with Gasteiger partial charge in [-0.05, 0) is 50.1 Å². The summed E-state index contributed by atoms with van der Waals surface area (Å²) < 4.78 is 1.71. The second-order valence-corrected chi connectivity index (χ2v) is 6.54. The molecule has 0 amide bonds. The summed E-state index contributed by atoms with van der Waals surface area (Å²) in [5.74, 6) is -1.90.